The van der Waals surface area contributed by atoms with Gasteiger partial charge in [0.1, 0.15) is 0 Å². The van der Waals surface area contributed by atoms with Gasteiger partial charge in [0, 0.05) is 0 Å². The second-order valence-corrected chi connectivity index (χ2v) is 6.24. The van der Waals surface area contributed by atoms with Crippen LogP contribution in [0.25, 0.3) is 5.57 Å². The van der Waals surface area contributed by atoms with Gasteiger partial charge in [-0.25, -0.2) is 0 Å². The zero-order valence-electron chi connectivity index (χ0n) is 12.2. The molecule has 1 nitrogen and oxygen atoms in total. The second kappa shape index (κ2) is 6.47. The van der Waals surface area contributed by atoms with E-state index in [1.807, 2.05) is 0 Å². The molecule has 0 amide bonds. The molecule has 0 saturated heterocycles. The molecule has 0 unspecified atom stereocenters. The summed E-state index contributed by atoms with van der Waals surface area (Å²) >= 11 is 2.15. The number of rotatable bonds is 4. The molecule has 21 heavy (non-hydrogen) atoms. The molecular weight excluding hydrogens is 290 g/mol. The molecule has 0 fully saturated rings. The second-order valence-electron chi connectivity index (χ2n) is 5.40. The van der Waals surface area contributed by atoms with Crippen LogP contribution in [0.1, 0.15) is 24.5 Å². The molecule has 0 atom stereocenters. The van der Waals surface area contributed by atoms with E-state index in [9.17, 15) is 0 Å². The van der Waals surface area contributed by atoms with Gasteiger partial charge in [0.15, 0.2) is 0 Å². The molecule has 3 rings (SSSR count). The Hall–Kier alpha value is -1.57. The molecule has 103 valence electrons. The quantitative estimate of drug-likeness (QED) is 0.727. The summed E-state index contributed by atoms with van der Waals surface area (Å²) in [6.07, 6.45) is 5.66. The molecule has 2 aromatic rings. The van der Waals surface area contributed by atoms with Crippen molar-refractivity contribution in [3.05, 3.63) is 83.4 Å². The van der Waals surface area contributed by atoms with Crippen LogP contribution in [0, 0.1) is 0 Å². The van der Waals surface area contributed by atoms with Gasteiger partial charge in [0.05, 0.1) is 0 Å². The van der Waals surface area contributed by atoms with Crippen molar-refractivity contribution in [2.24, 2.45) is 0 Å². The fourth-order valence-electron chi connectivity index (χ4n) is 2.69. The first-order valence-corrected chi connectivity index (χ1v) is 7.93. The van der Waals surface area contributed by atoms with Crippen LogP contribution in [-0.2, 0) is 27.2 Å². The van der Waals surface area contributed by atoms with Gasteiger partial charge in [-0.15, -0.1) is 0 Å². The molecule has 0 N–H and O–H groups in total. The number of benzene rings is 2. The molecule has 0 heterocycles. The Balaban J connectivity index is 1.85. The Bertz CT molecular complexity index is 686. The van der Waals surface area contributed by atoms with Gasteiger partial charge < -0.3 is 0 Å². The van der Waals surface area contributed by atoms with Gasteiger partial charge in [-0.1, -0.05) is 0 Å². The summed E-state index contributed by atoms with van der Waals surface area (Å²) < 4.78 is 2.30. The number of anilines is 1. The van der Waals surface area contributed by atoms with Crippen LogP contribution in [0.2, 0.25) is 0 Å². The summed E-state index contributed by atoms with van der Waals surface area (Å²) in [4.78, 5) is 0. The first-order valence-electron chi connectivity index (χ1n) is 7.23. The minimum atomic E-state index is 0.927. The minimum absolute atomic E-state index is 0.927. The predicted molar refractivity (Wildman–Crippen MR) is 85.4 cm³/mol. The van der Waals surface area contributed by atoms with Crippen LogP contribution >= 0.6 is 0 Å². The molecule has 2 heteroatoms. The van der Waals surface area contributed by atoms with E-state index in [1.165, 1.54) is 28.0 Å². The van der Waals surface area contributed by atoms with Gasteiger partial charge in [-0.05, 0) is 0 Å². The molecule has 0 aliphatic heterocycles. The zero-order chi connectivity index (χ0) is 14.7. The van der Waals surface area contributed by atoms with Crippen LogP contribution in [0.3, 0.4) is 0 Å². The van der Waals surface area contributed by atoms with Crippen LogP contribution in [0.4, 0.5) is 5.69 Å². The third-order valence-electron chi connectivity index (χ3n) is 3.81. The van der Waals surface area contributed by atoms with Crippen molar-refractivity contribution in [2.45, 2.75) is 19.9 Å². The number of nitrogens with zero attached hydrogens (tertiary/aromatic N) is 1. The summed E-state index contributed by atoms with van der Waals surface area (Å²) in [6, 6.07) is 19.3. The van der Waals surface area contributed by atoms with Crippen molar-refractivity contribution < 1.29 is 20.7 Å². The van der Waals surface area contributed by atoms with E-state index in [-0.39, 0.29) is 0 Å². The van der Waals surface area contributed by atoms with Gasteiger partial charge in [0.25, 0.3) is 0 Å². The monoisotopic (exact) mass is 308 g/mol. The van der Waals surface area contributed by atoms with E-state index in [0.29, 0.717) is 0 Å². The Morgan fingerprint density at radius 1 is 1.00 bits per heavy atom. The molecule has 1 aliphatic rings. The Morgan fingerprint density at radius 3 is 2.43 bits per heavy atom. The molecule has 1 aliphatic carbocycles. The van der Waals surface area contributed by atoms with Gasteiger partial charge in [0.2, 0.25) is 0 Å². The normalized spacial score (nSPS) is 13.7. The van der Waals surface area contributed by atoms with Gasteiger partial charge >= 0.3 is 139 Å². The first-order chi connectivity index (χ1) is 10.2. The molecule has 0 saturated carbocycles. The first kappa shape index (κ1) is 14.4. The average Bonchev–Trinajstić information content (AvgIpc) is 2.95. The maximum absolute atomic E-state index is 2.31. The van der Waals surface area contributed by atoms with E-state index in [1.54, 1.807) is 0 Å². The average molecular weight is 308 g/mol. The van der Waals surface area contributed by atoms with Gasteiger partial charge in [-0.2, -0.15) is 0 Å². The van der Waals surface area contributed by atoms with Crippen LogP contribution in [0.15, 0.2) is 72.3 Å². The van der Waals surface area contributed by atoms with Gasteiger partial charge in [-0.3, -0.25) is 0 Å². The van der Waals surface area contributed by atoms with Crippen molar-refractivity contribution in [3.63, 3.8) is 0 Å². The molecular formula is C19H18NTi. The van der Waals surface area contributed by atoms with Crippen LogP contribution in [-0.4, -0.2) is 0 Å². The molecule has 0 aromatic heterocycles. The van der Waals surface area contributed by atoms with Crippen molar-refractivity contribution in [1.29, 1.82) is 0 Å². The van der Waals surface area contributed by atoms with E-state index in [4.69, 9.17) is 0 Å². The number of para-hydroxylation sites is 1. The van der Waals surface area contributed by atoms with Crippen LogP contribution < -0.4 is 3.38 Å². The third-order valence-corrected chi connectivity index (χ3v) is 4.46. The summed E-state index contributed by atoms with van der Waals surface area (Å²) in [6.45, 7) is 3.10. The number of hydrogen-bond donors (Lipinski definition) is 0. The fourth-order valence-corrected chi connectivity index (χ4v) is 3.19. The predicted octanol–water partition coefficient (Wildman–Crippen LogP) is 4.89. The zero-order valence-corrected chi connectivity index (χ0v) is 13.8. The Labute approximate surface area is 138 Å². The van der Waals surface area contributed by atoms with Crippen molar-refractivity contribution in [1.82, 2.24) is 0 Å². The maximum atomic E-state index is 2.31. The summed E-state index contributed by atoms with van der Waals surface area (Å²) in [7, 11) is 0. The molecule has 0 spiro atoms. The Kier molecular flexibility index (Phi) is 4.43. The SMILES string of the molecule is CC1=CCC(c2ccccc2C[N]([Ti])c2ccccc2)=C1. The van der Waals surface area contributed by atoms with Crippen molar-refractivity contribution in [3.8, 4) is 0 Å². The number of allylic oxidation sites excluding steroid dienone is 4. The molecule has 0 radical (unpaired) electrons. The van der Waals surface area contributed by atoms with E-state index in [2.05, 4.69) is 97.7 Å². The summed E-state index contributed by atoms with van der Waals surface area (Å²) in [5.41, 5.74) is 6.83. The molecule has 2 aromatic carbocycles. The van der Waals surface area contributed by atoms with Crippen molar-refractivity contribution in [2.75, 3.05) is 3.38 Å². The summed E-state index contributed by atoms with van der Waals surface area (Å²) in [5.74, 6) is 0. The summed E-state index contributed by atoms with van der Waals surface area (Å²) in [5, 5.41) is 0. The van der Waals surface area contributed by atoms with E-state index >= 15 is 0 Å². The molecule has 0 bridgehead atoms. The van der Waals surface area contributed by atoms with E-state index in [0.717, 1.165) is 13.0 Å². The third kappa shape index (κ3) is 3.37. The van der Waals surface area contributed by atoms with E-state index < -0.39 is 0 Å². The standard InChI is InChI=1S/C19H18N.Ti/c1-15-11-12-16(13-15)19-10-6-5-7-17(19)14-20-18-8-3-2-4-9-18;/h2-11,13H,12,14H2,1H3;/q-1;+1. The fraction of sp³-hybridized carbons (Fsp3) is 0.158. The van der Waals surface area contributed by atoms with Crippen LogP contribution in [0.5, 0.6) is 0 Å². The number of hydrogen-bond acceptors (Lipinski definition) is 1. The topological polar surface area (TPSA) is 3.24 Å². The van der Waals surface area contributed by atoms with Crippen molar-refractivity contribution >= 4 is 11.3 Å². The Morgan fingerprint density at radius 2 is 1.71 bits per heavy atom.